The number of para-hydroxylation sites is 2. The Kier molecular flexibility index (Phi) is 8.07. The lowest BCUT2D eigenvalue weighted by molar-refractivity contribution is 0.0935. The van der Waals surface area contributed by atoms with Crippen molar-refractivity contribution in [2.75, 3.05) is 7.11 Å². The molecule has 0 aliphatic heterocycles. The third kappa shape index (κ3) is 5.60. The highest BCUT2D eigenvalue weighted by atomic mass is 35.5. The molecule has 7 nitrogen and oxygen atoms in total. The van der Waals surface area contributed by atoms with E-state index in [1.807, 2.05) is 90.4 Å². The van der Waals surface area contributed by atoms with Gasteiger partial charge in [0.25, 0.3) is 5.91 Å². The Morgan fingerprint density at radius 3 is 2.58 bits per heavy atom. The molecule has 5 rings (SSSR count). The second kappa shape index (κ2) is 11.8. The zero-order valence-corrected chi connectivity index (χ0v) is 23.1. The minimum Gasteiger partial charge on any atom is -0.495 e. The first-order valence-electron chi connectivity index (χ1n) is 11.8. The largest absolute Gasteiger partial charge is 0.495 e. The average Bonchev–Trinajstić information content (AvgIpc) is 3.60. The van der Waals surface area contributed by atoms with Crippen LogP contribution in [0.3, 0.4) is 0 Å². The van der Waals surface area contributed by atoms with E-state index < -0.39 is 0 Å². The van der Waals surface area contributed by atoms with Crippen LogP contribution in [0.2, 0.25) is 5.02 Å². The summed E-state index contributed by atoms with van der Waals surface area (Å²) >= 11 is 9.43. The summed E-state index contributed by atoms with van der Waals surface area (Å²) in [4.78, 5) is 17.4. The lowest BCUT2D eigenvalue weighted by atomic mass is 10.1. The summed E-state index contributed by atoms with van der Waals surface area (Å²) in [6.45, 7) is 1.96. The Morgan fingerprint density at radius 2 is 1.79 bits per heavy atom. The fraction of sp³-hybridized carbons (Fsp3) is 0.143. The first-order chi connectivity index (χ1) is 18.5. The molecule has 0 fully saturated rings. The van der Waals surface area contributed by atoms with E-state index in [0.29, 0.717) is 33.2 Å². The number of aromatic nitrogens is 4. The van der Waals surface area contributed by atoms with Gasteiger partial charge in [-0.15, -0.1) is 21.5 Å². The summed E-state index contributed by atoms with van der Waals surface area (Å²) in [5.41, 5.74) is 3.00. The van der Waals surface area contributed by atoms with Crippen LogP contribution in [0, 0.1) is 0 Å². The molecule has 0 radical (unpaired) electrons. The first-order valence-corrected chi connectivity index (χ1v) is 14.1. The molecule has 0 aliphatic rings. The number of carbonyl (C=O) groups excluding carboxylic acids is 1. The van der Waals surface area contributed by atoms with E-state index in [1.54, 1.807) is 12.5 Å². The van der Waals surface area contributed by atoms with Crippen LogP contribution in [0.25, 0.3) is 17.1 Å². The molecule has 3 aromatic carbocycles. The van der Waals surface area contributed by atoms with E-state index in [1.165, 1.54) is 23.1 Å². The number of carbonyl (C=O) groups is 1. The van der Waals surface area contributed by atoms with Crippen molar-refractivity contribution in [1.29, 1.82) is 0 Å². The minimum atomic E-state index is -0.202. The topological polar surface area (TPSA) is 81.9 Å². The van der Waals surface area contributed by atoms with Gasteiger partial charge in [-0.1, -0.05) is 78.0 Å². The van der Waals surface area contributed by atoms with Crippen LogP contribution < -0.4 is 10.1 Å². The average molecular weight is 562 g/mol. The standard InChI is InChI=1S/C28H24ClN5O2S2/c1-18(19-10-4-3-5-11-19)30-27(35)22-16-37-25(31-22)17-38-28-33-32-26(20-12-6-7-13-21(20)29)34(28)23-14-8-9-15-24(23)36-2/h3-16,18H,17H2,1-2H3,(H,30,35). The van der Waals surface area contributed by atoms with Crippen molar-refractivity contribution < 1.29 is 9.53 Å². The number of benzene rings is 3. The second-order valence-electron chi connectivity index (χ2n) is 8.31. The number of rotatable bonds is 9. The summed E-state index contributed by atoms with van der Waals surface area (Å²) in [7, 11) is 1.63. The van der Waals surface area contributed by atoms with Crippen molar-refractivity contribution in [3.63, 3.8) is 0 Å². The number of nitrogens with one attached hydrogen (secondary N) is 1. The molecule has 0 spiro atoms. The molecule has 1 atom stereocenters. The predicted octanol–water partition coefficient (Wildman–Crippen LogP) is 6.84. The number of hydrogen-bond acceptors (Lipinski definition) is 7. The van der Waals surface area contributed by atoms with E-state index in [4.69, 9.17) is 16.3 Å². The van der Waals surface area contributed by atoms with Crippen molar-refractivity contribution >= 4 is 40.6 Å². The summed E-state index contributed by atoms with van der Waals surface area (Å²) in [6, 6.07) is 24.9. The molecule has 2 aromatic heterocycles. The zero-order valence-electron chi connectivity index (χ0n) is 20.7. The highest BCUT2D eigenvalue weighted by molar-refractivity contribution is 7.98. The van der Waals surface area contributed by atoms with Gasteiger partial charge in [0.15, 0.2) is 11.0 Å². The van der Waals surface area contributed by atoms with E-state index in [9.17, 15) is 4.79 Å². The monoisotopic (exact) mass is 561 g/mol. The zero-order chi connectivity index (χ0) is 26.5. The summed E-state index contributed by atoms with van der Waals surface area (Å²) in [5, 5.41) is 15.8. The fourth-order valence-electron chi connectivity index (χ4n) is 3.92. The van der Waals surface area contributed by atoms with Gasteiger partial charge in [-0.2, -0.15) is 0 Å². The Hall–Kier alpha value is -3.66. The molecule has 192 valence electrons. The van der Waals surface area contributed by atoms with Gasteiger partial charge in [0.2, 0.25) is 0 Å². The Labute approximate surface area is 233 Å². The van der Waals surface area contributed by atoms with Crippen molar-refractivity contribution in [3.8, 4) is 22.8 Å². The van der Waals surface area contributed by atoms with Crippen LogP contribution in [0.15, 0.2) is 89.4 Å². The first kappa shape index (κ1) is 26.0. The van der Waals surface area contributed by atoms with Crippen LogP contribution >= 0.6 is 34.7 Å². The molecule has 1 N–H and O–H groups in total. The molecule has 5 aromatic rings. The van der Waals surface area contributed by atoms with Crippen molar-refractivity contribution in [2.24, 2.45) is 0 Å². The molecule has 38 heavy (non-hydrogen) atoms. The highest BCUT2D eigenvalue weighted by Crippen LogP contribution is 2.36. The van der Waals surface area contributed by atoms with Gasteiger partial charge in [-0.3, -0.25) is 9.36 Å². The summed E-state index contributed by atoms with van der Waals surface area (Å²) in [5.74, 6) is 1.61. The van der Waals surface area contributed by atoms with Crippen LogP contribution in [-0.4, -0.2) is 32.8 Å². The lowest BCUT2D eigenvalue weighted by Crippen LogP contribution is -2.26. The van der Waals surface area contributed by atoms with Crippen LogP contribution in [0.5, 0.6) is 5.75 Å². The molecule has 0 bridgehead atoms. The third-order valence-electron chi connectivity index (χ3n) is 5.83. The Morgan fingerprint density at radius 1 is 1.05 bits per heavy atom. The maximum Gasteiger partial charge on any atom is 0.271 e. The lowest BCUT2D eigenvalue weighted by Gasteiger charge is -2.14. The molecule has 1 unspecified atom stereocenters. The molecular weight excluding hydrogens is 538 g/mol. The number of nitrogens with zero attached hydrogens (tertiary/aromatic N) is 4. The van der Waals surface area contributed by atoms with Gasteiger partial charge in [0, 0.05) is 10.9 Å². The van der Waals surface area contributed by atoms with E-state index in [-0.39, 0.29) is 11.9 Å². The van der Waals surface area contributed by atoms with Crippen LogP contribution in [-0.2, 0) is 5.75 Å². The molecule has 0 saturated heterocycles. The van der Waals surface area contributed by atoms with Gasteiger partial charge >= 0.3 is 0 Å². The maximum absolute atomic E-state index is 12.8. The molecular formula is C28H24ClN5O2S2. The number of halogens is 1. The summed E-state index contributed by atoms with van der Waals surface area (Å²) < 4.78 is 7.57. The van der Waals surface area contributed by atoms with Crippen molar-refractivity contribution in [1.82, 2.24) is 25.1 Å². The Bertz CT molecular complexity index is 1550. The van der Waals surface area contributed by atoms with Gasteiger partial charge in [-0.05, 0) is 36.8 Å². The maximum atomic E-state index is 12.8. The predicted molar refractivity (Wildman–Crippen MR) is 152 cm³/mol. The van der Waals surface area contributed by atoms with E-state index >= 15 is 0 Å². The molecule has 10 heteroatoms. The van der Waals surface area contributed by atoms with Crippen LogP contribution in [0.4, 0.5) is 0 Å². The summed E-state index contributed by atoms with van der Waals surface area (Å²) in [6.07, 6.45) is 0. The minimum absolute atomic E-state index is 0.120. The number of thiazole rings is 1. The molecule has 0 aliphatic carbocycles. The normalized spacial score (nSPS) is 11.8. The number of amides is 1. The number of hydrogen-bond donors (Lipinski definition) is 1. The fourth-order valence-corrected chi connectivity index (χ4v) is 5.87. The number of methoxy groups -OCH3 is 1. The SMILES string of the molecule is COc1ccccc1-n1c(SCc2nc(C(=O)NC(C)c3ccccc3)cs2)nnc1-c1ccccc1Cl. The van der Waals surface area contributed by atoms with Crippen molar-refractivity contribution in [2.45, 2.75) is 23.9 Å². The molecule has 2 heterocycles. The smallest absolute Gasteiger partial charge is 0.271 e. The Balaban J connectivity index is 1.38. The third-order valence-corrected chi connectivity index (χ3v) is 8.13. The number of thioether (sulfide) groups is 1. The molecule has 1 amide bonds. The van der Waals surface area contributed by atoms with E-state index in [0.717, 1.165) is 21.8 Å². The van der Waals surface area contributed by atoms with Gasteiger partial charge in [-0.25, -0.2) is 4.98 Å². The molecule has 0 saturated carbocycles. The highest BCUT2D eigenvalue weighted by Gasteiger charge is 2.21. The second-order valence-corrected chi connectivity index (χ2v) is 10.6. The van der Waals surface area contributed by atoms with Crippen molar-refractivity contribution in [3.05, 3.63) is 106 Å². The van der Waals surface area contributed by atoms with Crippen LogP contribution in [0.1, 0.15) is 34.0 Å². The van der Waals surface area contributed by atoms with Gasteiger partial charge in [0.1, 0.15) is 16.5 Å². The quantitative estimate of drug-likeness (QED) is 0.198. The number of ether oxygens (including phenoxy) is 1. The van der Waals surface area contributed by atoms with E-state index in [2.05, 4.69) is 20.5 Å². The van der Waals surface area contributed by atoms with Gasteiger partial charge in [0.05, 0.1) is 29.6 Å². The van der Waals surface area contributed by atoms with Gasteiger partial charge < -0.3 is 10.1 Å².